The molecule has 0 atom stereocenters. The van der Waals surface area contributed by atoms with Crippen LogP contribution in [0, 0.1) is 0 Å². The lowest BCUT2D eigenvalue weighted by Crippen LogP contribution is -2.23. The first-order chi connectivity index (χ1) is 11.3. The van der Waals surface area contributed by atoms with Crippen molar-refractivity contribution in [3.8, 4) is 5.88 Å². The van der Waals surface area contributed by atoms with Crippen molar-refractivity contribution in [1.82, 2.24) is 25.3 Å². The molecule has 0 radical (unpaired) electrons. The van der Waals surface area contributed by atoms with E-state index in [0.29, 0.717) is 30.2 Å². The molecule has 0 aliphatic rings. The van der Waals surface area contributed by atoms with Gasteiger partial charge in [0.1, 0.15) is 12.0 Å². The van der Waals surface area contributed by atoms with Gasteiger partial charge in [-0.25, -0.2) is 19.9 Å². The molecule has 0 fully saturated rings. The van der Waals surface area contributed by atoms with Crippen LogP contribution in [0.4, 0.5) is 0 Å². The lowest BCUT2D eigenvalue weighted by atomic mass is 10.2. The van der Waals surface area contributed by atoms with Gasteiger partial charge in [-0.15, -0.1) is 0 Å². The van der Waals surface area contributed by atoms with E-state index in [1.54, 1.807) is 30.7 Å². The number of carbonyl (C=O) groups is 1. The van der Waals surface area contributed by atoms with Crippen molar-refractivity contribution in [2.75, 3.05) is 6.61 Å². The number of nitrogens with zero attached hydrogens (tertiary/aromatic N) is 4. The minimum atomic E-state index is -0.260. The molecule has 7 nitrogen and oxygen atoms in total. The molecule has 3 aromatic heterocycles. The molecular weight excluding hydrogens is 294 g/mol. The summed E-state index contributed by atoms with van der Waals surface area (Å²) in [7, 11) is 0. The number of fused-ring (bicyclic) bond motifs is 1. The summed E-state index contributed by atoms with van der Waals surface area (Å²) in [6, 6.07) is 5.30. The van der Waals surface area contributed by atoms with Crippen molar-refractivity contribution >= 4 is 16.8 Å². The van der Waals surface area contributed by atoms with Crippen LogP contribution in [0.15, 0.2) is 43.1 Å². The van der Waals surface area contributed by atoms with E-state index in [1.807, 2.05) is 13.0 Å². The molecule has 0 aliphatic carbocycles. The number of ether oxygens (including phenoxy) is 1. The van der Waals surface area contributed by atoms with Gasteiger partial charge in [-0.3, -0.25) is 4.79 Å². The second kappa shape index (κ2) is 6.78. The zero-order valence-corrected chi connectivity index (χ0v) is 12.6. The summed E-state index contributed by atoms with van der Waals surface area (Å²) < 4.78 is 5.28. The van der Waals surface area contributed by atoms with Crippen molar-refractivity contribution < 1.29 is 9.53 Å². The number of aromatic nitrogens is 4. The zero-order valence-electron chi connectivity index (χ0n) is 12.6. The molecule has 0 bridgehead atoms. The van der Waals surface area contributed by atoms with Crippen LogP contribution in [0.2, 0.25) is 0 Å². The predicted molar refractivity (Wildman–Crippen MR) is 83.9 cm³/mol. The van der Waals surface area contributed by atoms with Gasteiger partial charge in [-0.1, -0.05) is 6.07 Å². The minimum absolute atomic E-state index is 0.260. The Bertz CT molecular complexity index is 820. The smallest absolute Gasteiger partial charge is 0.270 e. The molecule has 3 aromatic rings. The predicted octanol–water partition coefficient (Wildman–Crippen LogP) is 1.75. The molecule has 0 unspecified atom stereocenters. The average molecular weight is 309 g/mol. The van der Waals surface area contributed by atoms with Gasteiger partial charge < -0.3 is 10.1 Å². The van der Waals surface area contributed by atoms with Crippen LogP contribution in [0.25, 0.3) is 10.9 Å². The van der Waals surface area contributed by atoms with Gasteiger partial charge in [-0.05, 0) is 18.6 Å². The SMILES string of the molecule is CCOc1ccc(CNC(=O)c2cc3cncnc3cn2)cn1. The molecule has 0 saturated carbocycles. The quantitative estimate of drug-likeness (QED) is 0.772. The first-order valence-electron chi connectivity index (χ1n) is 7.18. The van der Waals surface area contributed by atoms with E-state index in [4.69, 9.17) is 4.74 Å². The number of rotatable bonds is 5. The van der Waals surface area contributed by atoms with Crippen molar-refractivity contribution in [3.05, 3.63) is 54.4 Å². The van der Waals surface area contributed by atoms with Gasteiger partial charge >= 0.3 is 0 Å². The maximum absolute atomic E-state index is 12.2. The fraction of sp³-hybridized carbons (Fsp3) is 0.188. The van der Waals surface area contributed by atoms with Gasteiger partial charge in [-0.2, -0.15) is 0 Å². The molecule has 0 saturated heterocycles. The maximum atomic E-state index is 12.2. The van der Waals surface area contributed by atoms with Crippen molar-refractivity contribution in [3.63, 3.8) is 0 Å². The van der Waals surface area contributed by atoms with Gasteiger partial charge in [0.2, 0.25) is 5.88 Å². The highest BCUT2D eigenvalue weighted by atomic mass is 16.5. The number of carbonyl (C=O) groups excluding carboxylic acids is 1. The van der Waals surface area contributed by atoms with E-state index < -0.39 is 0 Å². The maximum Gasteiger partial charge on any atom is 0.270 e. The Balaban J connectivity index is 1.65. The number of hydrogen-bond acceptors (Lipinski definition) is 6. The summed E-state index contributed by atoms with van der Waals surface area (Å²) >= 11 is 0. The lowest BCUT2D eigenvalue weighted by molar-refractivity contribution is 0.0946. The van der Waals surface area contributed by atoms with Crippen LogP contribution >= 0.6 is 0 Å². The summed E-state index contributed by atoms with van der Waals surface area (Å²) in [6.45, 7) is 2.83. The van der Waals surface area contributed by atoms with E-state index >= 15 is 0 Å². The first kappa shape index (κ1) is 14.8. The summed E-state index contributed by atoms with van der Waals surface area (Å²) in [5.74, 6) is 0.309. The first-order valence-corrected chi connectivity index (χ1v) is 7.18. The lowest BCUT2D eigenvalue weighted by Gasteiger charge is -2.06. The second-order valence-electron chi connectivity index (χ2n) is 4.77. The summed E-state index contributed by atoms with van der Waals surface area (Å²) in [4.78, 5) is 28.5. The largest absolute Gasteiger partial charge is 0.478 e. The number of amides is 1. The van der Waals surface area contributed by atoms with Gasteiger partial charge in [0.15, 0.2) is 0 Å². The van der Waals surface area contributed by atoms with Crippen LogP contribution in [0.1, 0.15) is 23.0 Å². The third-order valence-electron chi connectivity index (χ3n) is 3.17. The van der Waals surface area contributed by atoms with Crippen molar-refractivity contribution in [2.24, 2.45) is 0 Å². The van der Waals surface area contributed by atoms with Crippen LogP contribution < -0.4 is 10.1 Å². The van der Waals surface area contributed by atoms with Crippen LogP contribution in [0.3, 0.4) is 0 Å². The van der Waals surface area contributed by atoms with E-state index in [1.165, 1.54) is 6.33 Å². The highest BCUT2D eigenvalue weighted by Gasteiger charge is 2.08. The van der Waals surface area contributed by atoms with Crippen molar-refractivity contribution in [1.29, 1.82) is 0 Å². The molecule has 1 amide bonds. The minimum Gasteiger partial charge on any atom is -0.478 e. The molecule has 0 aromatic carbocycles. The highest BCUT2D eigenvalue weighted by molar-refractivity contribution is 5.95. The van der Waals surface area contributed by atoms with E-state index in [-0.39, 0.29) is 5.91 Å². The molecule has 1 N–H and O–H groups in total. The average Bonchev–Trinajstić information content (AvgIpc) is 2.60. The topological polar surface area (TPSA) is 89.9 Å². The number of nitrogens with one attached hydrogen (secondary N) is 1. The molecule has 0 aliphatic heterocycles. The Kier molecular flexibility index (Phi) is 4.37. The Morgan fingerprint density at radius 3 is 2.87 bits per heavy atom. The standard InChI is InChI=1S/C16H15N5O2/c1-2-23-15-4-3-11(6-19-15)7-20-16(22)13-5-12-8-17-10-21-14(12)9-18-13/h3-6,8-10H,2,7H2,1H3,(H,20,22). The van der Waals surface area contributed by atoms with E-state index in [0.717, 1.165) is 10.9 Å². The van der Waals surface area contributed by atoms with Crippen LogP contribution in [-0.4, -0.2) is 32.4 Å². The number of hydrogen-bond donors (Lipinski definition) is 1. The van der Waals surface area contributed by atoms with Gasteiger partial charge in [0, 0.05) is 30.4 Å². The highest BCUT2D eigenvalue weighted by Crippen LogP contribution is 2.10. The third kappa shape index (κ3) is 3.57. The fourth-order valence-corrected chi connectivity index (χ4v) is 2.03. The zero-order chi connectivity index (χ0) is 16.1. The van der Waals surface area contributed by atoms with Gasteiger partial charge in [0.05, 0.1) is 18.3 Å². The molecule has 116 valence electrons. The third-order valence-corrected chi connectivity index (χ3v) is 3.17. The molecule has 0 spiro atoms. The summed E-state index contributed by atoms with van der Waals surface area (Å²) in [6.07, 6.45) is 6.33. The second-order valence-corrected chi connectivity index (χ2v) is 4.77. The Morgan fingerprint density at radius 2 is 2.09 bits per heavy atom. The normalized spacial score (nSPS) is 10.5. The Labute approximate surface area is 132 Å². The van der Waals surface area contributed by atoms with E-state index in [2.05, 4.69) is 25.3 Å². The van der Waals surface area contributed by atoms with Crippen molar-refractivity contribution in [2.45, 2.75) is 13.5 Å². The summed E-state index contributed by atoms with van der Waals surface area (Å²) in [5.41, 5.74) is 1.91. The molecule has 23 heavy (non-hydrogen) atoms. The van der Waals surface area contributed by atoms with E-state index in [9.17, 15) is 4.79 Å². The van der Waals surface area contributed by atoms with Gasteiger partial charge in [0.25, 0.3) is 5.91 Å². The molecule has 3 rings (SSSR count). The fourth-order valence-electron chi connectivity index (χ4n) is 2.03. The van der Waals surface area contributed by atoms with Crippen LogP contribution in [0.5, 0.6) is 5.88 Å². The Morgan fingerprint density at radius 1 is 1.17 bits per heavy atom. The van der Waals surface area contributed by atoms with Crippen LogP contribution in [-0.2, 0) is 6.54 Å². The monoisotopic (exact) mass is 309 g/mol. The molecule has 7 heteroatoms. The Hall–Kier alpha value is -3.09. The molecular formula is C16H15N5O2. The molecule has 3 heterocycles. The number of pyridine rings is 2. The summed E-state index contributed by atoms with van der Waals surface area (Å²) in [5, 5.41) is 3.58.